The van der Waals surface area contributed by atoms with Crippen molar-refractivity contribution >= 4 is 17.3 Å². The molecular weight excluding hydrogens is 280 g/mol. The normalized spacial score (nSPS) is 15.1. The van der Waals surface area contributed by atoms with Gasteiger partial charge in [0.2, 0.25) is 0 Å². The summed E-state index contributed by atoms with van der Waals surface area (Å²) in [7, 11) is 2.16. The van der Waals surface area contributed by atoms with Gasteiger partial charge < -0.3 is 10.2 Å². The quantitative estimate of drug-likeness (QED) is 0.911. The third kappa shape index (κ3) is 3.07. The summed E-state index contributed by atoms with van der Waals surface area (Å²) >= 11 is 6.25. The molecule has 0 spiro atoms. The Bertz CT molecular complexity index is 639. The Morgan fingerprint density at radius 2 is 2.05 bits per heavy atom. The minimum Gasteiger partial charge on any atom is -0.374 e. The number of hydrogen-bond donors (Lipinski definition) is 1. The molecule has 1 heterocycles. The van der Waals surface area contributed by atoms with Gasteiger partial charge >= 0.3 is 0 Å². The van der Waals surface area contributed by atoms with Crippen LogP contribution in [-0.4, -0.2) is 13.6 Å². The van der Waals surface area contributed by atoms with Crippen LogP contribution < -0.4 is 10.2 Å². The zero-order valence-corrected chi connectivity index (χ0v) is 13.3. The molecule has 0 aromatic heterocycles. The number of likely N-dealkylation sites (N-methyl/N-ethyl adjacent to an activating group) is 1. The highest BCUT2D eigenvalue weighted by atomic mass is 35.5. The van der Waals surface area contributed by atoms with Gasteiger partial charge in [0.15, 0.2) is 0 Å². The van der Waals surface area contributed by atoms with Crippen LogP contribution in [-0.2, 0) is 13.0 Å². The number of anilines is 1. The first kappa shape index (κ1) is 14.4. The Labute approximate surface area is 131 Å². The minimum atomic E-state index is 0.245. The van der Waals surface area contributed by atoms with Crippen LogP contribution in [0.15, 0.2) is 42.5 Å². The van der Waals surface area contributed by atoms with Crippen LogP contribution in [0.25, 0.3) is 0 Å². The number of fused-ring (bicyclic) bond motifs is 1. The number of hydrogen-bond acceptors (Lipinski definition) is 2. The Morgan fingerprint density at radius 1 is 1.24 bits per heavy atom. The van der Waals surface area contributed by atoms with E-state index in [2.05, 4.69) is 48.5 Å². The number of nitrogens with zero attached hydrogens (tertiary/aromatic N) is 1. The second kappa shape index (κ2) is 6.08. The molecular formula is C18H21ClN2. The van der Waals surface area contributed by atoms with E-state index in [4.69, 9.17) is 11.6 Å². The smallest absolute Gasteiger partial charge is 0.0453 e. The summed E-state index contributed by atoms with van der Waals surface area (Å²) in [5.41, 5.74) is 5.32. The first-order chi connectivity index (χ1) is 10.1. The van der Waals surface area contributed by atoms with Crippen molar-refractivity contribution in [2.24, 2.45) is 0 Å². The molecule has 0 unspecified atom stereocenters. The van der Waals surface area contributed by atoms with Crippen molar-refractivity contribution < 1.29 is 0 Å². The fraction of sp³-hybridized carbons (Fsp3) is 0.333. The molecule has 0 fully saturated rings. The maximum absolute atomic E-state index is 6.25. The van der Waals surface area contributed by atoms with Gasteiger partial charge in [-0.15, -0.1) is 0 Å². The predicted molar refractivity (Wildman–Crippen MR) is 90.1 cm³/mol. The summed E-state index contributed by atoms with van der Waals surface area (Å²) in [5.74, 6) is 0. The van der Waals surface area contributed by atoms with E-state index >= 15 is 0 Å². The van der Waals surface area contributed by atoms with Gasteiger partial charge in [-0.05, 0) is 42.2 Å². The fourth-order valence-corrected chi connectivity index (χ4v) is 3.24. The van der Waals surface area contributed by atoms with Crippen LogP contribution in [0.2, 0.25) is 5.02 Å². The van der Waals surface area contributed by atoms with Gasteiger partial charge in [0, 0.05) is 36.9 Å². The molecule has 2 aromatic rings. The van der Waals surface area contributed by atoms with Gasteiger partial charge in [0.1, 0.15) is 0 Å². The molecule has 3 heteroatoms. The van der Waals surface area contributed by atoms with E-state index in [-0.39, 0.29) is 6.04 Å². The van der Waals surface area contributed by atoms with Gasteiger partial charge in [0.05, 0.1) is 0 Å². The Kier molecular flexibility index (Phi) is 4.18. The molecule has 0 radical (unpaired) electrons. The molecule has 2 nitrogen and oxygen atoms in total. The molecule has 0 bridgehead atoms. The van der Waals surface area contributed by atoms with Crippen LogP contribution in [0.4, 0.5) is 5.69 Å². The lowest BCUT2D eigenvalue weighted by atomic mass is 10.1. The maximum atomic E-state index is 6.25. The molecule has 0 saturated carbocycles. The highest BCUT2D eigenvalue weighted by Gasteiger charge is 2.15. The van der Waals surface area contributed by atoms with Crippen LogP contribution in [0.5, 0.6) is 0 Å². The zero-order chi connectivity index (χ0) is 14.8. The molecule has 110 valence electrons. The Balaban J connectivity index is 1.67. The van der Waals surface area contributed by atoms with E-state index in [0.29, 0.717) is 0 Å². The van der Waals surface area contributed by atoms with Crippen molar-refractivity contribution in [3.63, 3.8) is 0 Å². The topological polar surface area (TPSA) is 15.3 Å². The molecule has 0 saturated heterocycles. The SMILES string of the molecule is C[C@@H](NCc1ccc2c(c1)CCN2C)c1ccccc1Cl. The monoisotopic (exact) mass is 300 g/mol. The average Bonchev–Trinajstić information content (AvgIpc) is 2.86. The first-order valence-electron chi connectivity index (χ1n) is 7.46. The van der Waals surface area contributed by atoms with Gasteiger partial charge in [-0.2, -0.15) is 0 Å². The largest absolute Gasteiger partial charge is 0.374 e. The van der Waals surface area contributed by atoms with Crippen molar-refractivity contribution in [1.29, 1.82) is 0 Å². The molecule has 21 heavy (non-hydrogen) atoms. The van der Waals surface area contributed by atoms with E-state index in [1.807, 2.05) is 18.2 Å². The molecule has 3 rings (SSSR count). The third-order valence-corrected chi connectivity index (χ3v) is 4.60. The molecule has 1 aliphatic heterocycles. The van der Waals surface area contributed by atoms with Crippen molar-refractivity contribution in [3.05, 3.63) is 64.2 Å². The van der Waals surface area contributed by atoms with Gasteiger partial charge in [-0.25, -0.2) is 0 Å². The van der Waals surface area contributed by atoms with E-state index in [0.717, 1.165) is 30.1 Å². The van der Waals surface area contributed by atoms with Gasteiger partial charge in [-0.1, -0.05) is 41.9 Å². The van der Waals surface area contributed by atoms with E-state index in [9.17, 15) is 0 Å². The number of benzene rings is 2. The van der Waals surface area contributed by atoms with Gasteiger partial charge in [-0.3, -0.25) is 0 Å². The third-order valence-electron chi connectivity index (χ3n) is 4.26. The molecule has 0 amide bonds. The Morgan fingerprint density at radius 3 is 2.86 bits per heavy atom. The summed E-state index contributed by atoms with van der Waals surface area (Å²) in [4.78, 5) is 2.32. The van der Waals surface area contributed by atoms with Crippen molar-refractivity contribution in [1.82, 2.24) is 5.32 Å². The second-order valence-electron chi connectivity index (χ2n) is 5.76. The van der Waals surface area contributed by atoms with Crippen LogP contribution in [0, 0.1) is 0 Å². The molecule has 2 aromatic carbocycles. The fourth-order valence-electron chi connectivity index (χ4n) is 2.94. The maximum Gasteiger partial charge on any atom is 0.0453 e. The highest BCUT2D eigenvalue weighted by molar-refractivity contribution is 6.31. The van der Waals surface area contributed by atoms with Crippen molar-refractivity contribution in [3.8, 4) is 0 Å². The summed E-state index contributed by atoms with van der Waals surface area (Å²) in [6.45, 7) is 4.15. The van der Waals surface area contributed by atoms with E-state index in [1.54, 1.807) is 0 Å². The van der Waals surface area contributed by atoms with Crippen molar-refractivity contribution in [2.75, 3.05) is 18.5 Å². The molecule has 1 aliphatic rings. The van der Waals surface area contributed by atoms with Crippen LogP contribution in [0.3, 0.4) is 0 Å². The highest BCUT2D eigenvalue weighted by Crippen LogP contribution is 2.28. The van der Waals surface area contributed by atoms with E-state index in [1.165, 1.54) is 16.8 Å². The summed E-state index contributed by atoms with van der Waals surface area (Å²) in [6, 6.07) is 15.0. The minimum absolute atomic E-state index is 0.245. The molecule has 1 atom stereocenters. The number of rotatable bonds is 4. The van der Waals surface area contributed by atoms with Crippen LogP contribution in [0.1, 0.15) is 29.7 Å². The summed E-state index contributed by atoms with van der Waals surface area (Å²) < 4.78 is 0. The Hall–Kier alpha value is -1.51. The summed E-state index contributed by atoms with van der Waals surface area (Å²) in [5, 5.41) is 4.39. The lowest BCUT2D eigenvalue weighted by Crippen LogP contribution is -2.18. The zero-order valence-electron chi connectivity index (χ0n) is 12.6. The first-order valence-corrected chi connectivity index (χ1v) is 7.83. The van der Waals surface area contributed by atoms with Gasteiger partial charge in [0.25, 0.3) is 0 Å². The summed E-state index contributed by atoms with van der Waals surface area (Å²) in [6.07, 6.45) is 1.15. The lowest BCUT2D eigenvalue weighted by molar-refractivity contribution is 0.575. The second-order valence-corrected chi connectivity index (χ2v) is 6.17. The van der Waals surface area contributed by atoms with Crippen molar-refractivity contribution in [2.45, 2.75) is 25.9 Å². The lowest BCUT2D eigenvalue weighted by Gasteiger charge is -2.16. The van der Waals surface area contributed by atoms with E-state index < -0.39 is 0 Å². The molecule has 0 aliphatic carbocycles. The molecule has 1 N–H and O–H groups in total. The number of halogens is 1. The predicted octanol–water partition coefficient (Wildman–Crippen LogP) is 4.18. The van der Waals surface area contributed by atoms with Crippen LogP contribution >= 0.6 is 11.6 Å². The number of nitrogens with one attached hydrogen (secondary N) is 1. The standard InChI is InChI=1S/C18H21ClN2/c1-13(16-5-3-4-6-17(16)19)20-12-14-7-8-18-15(11-14)9-10-21(18)2/h3-8,11,13,20H,9-10,12H2,1-2H3/t13-/m1/s1. The average molecular weight is 301 g/mol.